The van der Waals surface area contributed by atoms with Gasteiger partial charge in [0, 0.05) is 12.2 Å². The average molecular weight is 227 g/mol. The van der Waals surface area contributed by atoms with E-state index in [1.54, 1.807) is 6.20 Å². The molecule has 0 fully saturated rings. The van der Waals surface area contributed by atoms with Crippen LogP contribution in [0.5, 0.6) is 0 Å². The molecule has 0 amide bonds. The SMILES string of the molecule is CC(C)(C)CCC(N)c1ccc(Cl)cn1. The molecule has 2 N–H and O–H groups in total. The zero-order valence-electron chi connectivity index (χ0n) is 9.63. The van der Waals surface area contributed by atoms with Gasteiger partial charge in [-0.2, -0.15) is 0 Å². The molecule has 3 heteroatoms. The third kappa shape index (κ3) is 4.63. The lowest BCUT2D eigenvalue weighted by molar-refractivity contribution is 0.348. The van der Waals surface area contributed by atoms with Crippen molar-refractivity contribution >= 4 is 11.6 Å². The lowest BCUT2D eigenvalue weighted by atomic mass is 9.88. The summed E-state index contributed by atoms with van der Waals surface area (Å²) in [6, 6.07) is 3.75. The second-order valence-corrected chi connectivity index (χ2v) is 5.54. The Balaban J connectivity index is 2.54. The summed E-state index contributed by atoms with van der Waals surface area (Å²) in [6.45, 7) is 6.65. The Morgan fingerprint density at radius 3 is 2.53 bits per heavy atom. The molecule has 84 valence electrons. The summed E-state index contributed by atoms with van der Waals surface area (Å²) in [5, 5.41) is 0.654. The van der Waals surface area contributed by atoms with Gasteiger partial charge in [0.25, 0.3) is 0 Å². The van der Waals surface area contributed by atoms with Crippen LogP contribution >= 0.6 is 11.6 Å². The molecule has 0 aromatic carbocycles. The fraction of sp³-hybridized carbons (Fsp3) is 0.583. The maximum atomic E-state index is 6.05. The zero-order chi connectivity index (χ0) is 11.5. The van der Waals surface area contributed by atoms with Gasteiger partial charge < -0.3 is 5.73 Å². The lowest BCUT2D eigenvalue weighted by Gasteiger charge is -2.20. The number of aromatic nitrogens is 1. The van der Waals surface area contributed by atoms with E-state index in [1.165, 1.54) is 0 Å². The van der Waals surface area contributed by atoms with Gasteiger partial charge in [0.05, 0.1) is 10.7 Å². The fourth-order valence-electron chi connectivity index (χ4n) is 1.34. The molecule has 0 saturated carbocycles. The highest BCUT2D eigenvalue weighted by Crippen LogP contribution is 2.25. The molecular weight excluding hydrogens is 208 g/mol. The molecule has 0 spiro atoms. The standard InChI is InChI=1S/C12H19ClN2/c1-12(2,3)7-6-10(14)11-5-4-9(13)8-15-11/h4-5,8,10H,6-7,14H2,1-3H3. The zero-order valence-corrected chi connectivity index (χ0v) is 10.4. The molecule has 1 unspecified atom stereocenters. The van der Waals surface area contributed by atoms with Crippen molar-refractivity contribution in [2.75, 3.05) is 0 Å². The Morgan fingerprint density at radius 1 is 1.40 bits per heavy atom. The monoisotopic (exact) mass is 226 g/mol. The first-order chi connectivity index (χ1) is 6.88. The summed E-state index contributed by atoms with van der Waals surface area (Å²) in [5.74, 6) is 0. The second-order valence-electron chi connectivity index (χ2n) is 5.11. The van der Waals surface area contributed by atoms with E-state index in [4.69, 9.17) is 17.3 Å². The molecule has 15 heavy (non-hydrogen) atoms. The van der Waals surface area contributed by atoms with Crippen LogP contribution in [0, 0.1) is 5.41 Å². The summed E-state index contributed by atoms with van der Waals surface area (Å²) in [5.41, 5.74) is 7.29. The maximum Gasteiger partial charge on any atom is 0.0589 e. The fourth-order valence-corrected chi connectivity index (χ4v) is 1.45. The van der Waals surface area contributed by atoms with E-state index in [1.807, 2.05) is 12.1 Å². The van der Waals surface area contributed by atoms with Gasteiger partial charge in [0.15, 0.2) is 0 Å². The molecule has 1 aromatic rings. The van der Waals surface area contributed by atoms with Crippen LogP contribution in [0.25, 0.3) is 0 Å². The van der Waals surface area contributed by atoms with Crippen LogP contribution < -0.4 is 5.73 Å². The Hall–Kier alpha value is -0.600. The number of nitrogens with zero attached hydrogens (tertiary/aromatic N) is 1. The highest BCUT2D eigenvalue weighted by atomic mass is 35.5. The molecule has 2 nitrogen and oxygen atoms in total. The predicted molar refractivity (Wildman–Crippen MR) is 64.9 cm³/mol. The molecule has 1 atom stereocenters. The first-order valence-corrected chi connectivity index (χ1v) is 5.63. The van der Waals surface area contributed by atoms with Crippen molar-refractivity contribution in [1.82, 2.24) is 4.98 Å². The Kier molecular flexibility index (Phi) is 4.12. The van der Waals surface area contributed by atoms with Gasteiger partial charge in [-0.05, 0) is 30.4 Å². The molecule has 1 heterocycles. The van der Waals surface area contributed by atoms with Gasteiger partial charge in [-0.3, -0.25) is 4.98 Å². The minimum absolute atomic E-state index is 0.0153. The minimum atomic E-state index is 0.0153. The van der Waals surface area contributed by atoms with Crippen molar-refractivity contribution in [1.29, 1.82) is 0 Å². The molecule has 0 radical (unpaired) electrons. The third-order valence-corrected chi connectivity index (χ3v) is 2.56. The van der Waals surface area contributed by atoms with E-state index in [-0.39, 0.29) is 6.04 Å². The van der Waals surface area contributed by atoms with Crippen molar-refractivity contribution in [2.24, 2.45) is 11.1 Å². The number of pyridine rings is 1. The van der Waals surface area contributed by atoms with E-state index in [0.29, 0.717) is 10.4 Å². The van der Waals surface area contributed by atoms with Crippen LogP contribution in [0.4, 0.5) is 0 Å². The predicted octanol–water partition coefficient (Wildman–Crippen LogP) is 3.56. The van der Waals surface area contributed by atoms with Crippen molar-refractivity contribution < 1.29 is 0 Å². The summed E-state index contributed by atoms with van der Waals surface area (Å²) in [7, 11) is 0. The summed E-state index contributed by atoms with van der Waals surface area (Å²) >= 11 is 5.76. The van der Waals surface area contributed by atoms with Gasteiger partial charge in [0.1, 0.15) is 0 Å². The van der Waals surface area contributed by atoms with Crippen molar-refractivity contribution in [2.45, 2.75) is 39.7 Å². The smallest absolute Gasteiger partial charge is 0.0589 e. The van der Waals surface area contributed by atoms with Crippen molar-refractivity contribution in [3.8, 4) is 0 Å². The Morgan fingerprint density at radius 2 is 2.07 bits per heavy atom. The highest BCUT2D eigenvalue weighted by Gasteiger charge is 2.14. The number of nitrogens with two attached hydrogens (primary N) is 1. The van der Waals surface area contributed by atoms with Crippen LogP contribution in [0.3, 0.4) is 0 Å². The topological polar surface area (TPSA) is 38.9 Å². The number of hydrogen-bond donors (Lipinski definition) is 1. The molecule has 1 rings (SSSR count). The van der Waals surface area contributed by atoms with Crippen LogP contribution in [-0.2, 0) is 0 Å². The van der Waals surface area contributed by atoms with E-state index in [9.17, 15) is 0 Å². The lowest BCUT2D eigenvalue weighted by Crippen LogP contribution is -2.15. The number of hydrogen-bond acceptors (Lipinski definition) is 2. The van der Waals surface area contributed by atoms with Gasteiger partial charge in [-0.25, -0.2) is 0 Å². The first kappa shape index (κ1) is 12.5. The summed E-state index contributed by atoms with van der Waals surface area (Å²) < 4.78 is 0. The van der Waals surface area contributed by atoms with Crippen molar-refractivity contribution in [3.05, 3.63) is 29.0 Å². The summed E-state index contributed by atoms with van der Waals surface area (Å²) in [6.07, 6.45) is 3.70. The number of rotatable bonds is 3. The van der Waals surface area contributed by atoms with Gasteiger partial charge in [0.2, 0.25) is 0 Å². The largest absolute Gasteiger partial charge is 0.323 e. The van der Waals surface area contributed by atoms with Crippen LogP contribution in [0.1, 0.15) is 45.3 Å². The number of halogens is 1. The van der Waals surface area contributed by atoms with E-state index in [0.717, 1.165) is 18.5 Å². The molecule has 1 aromatic heterocycles. The van der Waals surface area contributed by atoms with Gasteiger partial charge in [-0.1, -0.05) is 32.4 Å². The van der Waals surface area contributed by atoms with Crippen LogP contribution in [0.2, 0.25) is 5.02 Å². The third-order valence-electron chi connectivity index (χ3n) is 2.34. The van der Waals surface area contributed by atoms with Gasteiger partial charge >= 0.3 is 0 Å². The Labute approximate surface area is 96.8 Å². The molecule has 0 aliphatic carbocycles. The van der Waals surface area contributed by atoms with Gasteiger partial charge in [-0.15, -0.1) is 0 Å². The van der Waals surface area contributed by atoms with E-state index >= 15 is 0 Å². The summed E-state index contributed by atoms with van der Waals surface area (Å²) in [4.78, 5) is 4.22. The van der Waals surface area contributed by atoms with Crippen LogP contribution in [-0.4, -0.2) is 4.98 Å². The van der Waals surface area contributed by atoms with E-state index < -0.39 is 0 Å². The van der Waals surface area contributed by atoms with E-state index in [2.05, 4.69) is 25.8 Å². The molecule has 0 saturated heterocycles. The van der Waals surface area contributed by atoms with Crippen molar-refractivity contribution in [3.63, 3.8) is 0 Å². The van der Waals surface area contributed by atoms with Crippen LogP contribution in [0.15, 0.2) is 18.3 Å². The molecule has 0 bridgehead atoms. The molecular formula is C12H19ClN2. The highest BCUT2D eigenvalue weighted by molar-refractivity contribution is 6.30. The molecule has 0 aliphatic heterocycles. The average Bonchev–Trinajstić information content (AvgIpc) is 2.14. The quantitative estimate of drug-likeness (QED) is 0.856. The Bertz CT molecular complexity index is 300. The first-order valence-electron chi connectivity index (χ1n) is 5.25. The normalized spacial score (nSPS) is 13.9. The second kappa shape index (κ2) is 4.95. The minimum Gasteiger partial charge on any atom is -0.323 e. The molecule has 0 aliphatic rings. The maximum absolute atomic E-state index is 6.05.